The van der Waals surface area contributed by atoms with Crippen molar-refractivity contribution in [3.63, 3.8) is 0 Å². The molecule has 118 valence electrons. The highest BCUT2D eigenvalue weighted by Gasteiger charge is 2.29. The second-order valence-corrected chi connectivity index (χ2v) is 5.27. The van der Waals surface area contributed by atoms with E-state index in [1.54, 1.807) is 0 Å². The summed E-state index contributed by atoms with van der Waals surface area (Å²) in [5.41, 5.74) is 1.87. The minimum Gasteiger partial charge on any atom is -0.481 e. The molecule has 1 amide bonds. The summed E-state index contributed by atoms with van der Waals surface area (Å²) in [6.45, 7) is 5.93. The number of aryl methyl sites for hydroxylation is 1. The van der Waals surface area contributed by atoms with Crippen molar-refractivity contribution >= 4 is 5.91 Å². The number of carbonyl (C=O) groups is 1. The van der Waals surface area contributed by atoms with Crippen LogP contribution in [0.3, 0.4) is 0 Å². The first-order chi connectivity index (χ1) is 9.60. The molecule has 1 unspecified atom stereocenters. The Bertz CT molecular complexity index is 498. The van der Waals surface area contributed by atoms with Crippen LogP contribution in [-0.2, 0) is 4.79 Å². The molecule has 1 N–H and O–H groups in total. The van der Waals surface area contributed by atoms with Crippen LogP contribution >= 0.6 is 0 Å². The highest BCUT2D eigenvalue weighted by Crippen LogP contribution is 2.25. The highest BCUT2D eigenvalue weighted by atomic mass is 19.4. The Morgan fingerprint density at radius 2 is 1.90 bits per heavy atom. The summed E-state index contributed by atoms with van der Waals surface area (Å²) in [5, 5.41) is 1.81. The predicted octanol–water partition coefficient (Wildman–Crippen LogP) is 3.56. The molecule has 1 rings (SSSR count). The van der Waals surface area contributed by atoms with Crippen molar-refractivity contribution in [1.29, 1.82) is 0 Å². The van der Waals surface area contributed by atoms with Gasteiger partial charge >= 0.3 is 6.18 Å². The first-order valence-electron chi connectivity index (χ1n) is 6.72. The van der Waals surface area contributed by atoms with Crippen LogP contribution in [0.5, 0.6) is 5.75 Å². The summed E-state index contributed by atoms with van der Waals surface area (Å²) in [5.74, 6) is 0.0137. The Morgan fingerprint density at radius 3 is 2.43 bits per heavy atom. The quantitative estimate of drug-likeness (QED) is 0.903. The van der Waals surface area contributed by atoms with Crippen molar-refractivity contribution in [2.45, 2.75) is 45.9 Å². The molecule has 0 heterocycles. The van der Waals surface area contributed by atoms with Crippen LogP contribution < -0.4 is 10.1 Å². The molecule has 3 nitrogen and oxygen atoms in total. The third-order valence-electron chi connectivity index (χ3n) is 3.01. The highest BCUT2D eigenvalue weighted by molar-refractivity contribution is 5.80. The van der Waals surface area contributed by atoms with Crippen LogP contribution in [0.15, 0.2) is 18.2 Å². The predicted molar refractivity (Wildman–Crippen MR) is 74.4 cm³/mol. The molecule has 21 heavy (non-hydrogen) atoms. The van der Waals surface area contributed by atoms with Crippen molar-refractivity contribution in [3.05, 3.63) is 29.3 Å². The number of hydrogen-bond acceptors (Lipinski definition) is 2. The maximum atomic E-state index is 12.1. The summed E-state index contributed by atoms with van der Waals surface area (Å²) in [6, 6.07) is 5.64. The van der Waals surface area contributed by atoms with Crippen molar-refractivity contribution in [3.8, 4) is 5.75 Å². The molecule has 0 fully saturated rings. The first-order valence-corrected chi connectivity index (χ1v) is 6.72. The molecular weight excluding hydrogens is 283 g/mol. The molecule has 0 saturated heterocycles. The van der Waals surface area contributed by atoms with Gasteiger partial charge in [-0.1, -0.05) is 26.0 Å². The fraction of sp³-hybridized carbons (Fsp3) is 0.533. The molecular formula is C15H20F3NO2. The van der Waals surface area contributed by atoms with Gasteiger partial charge in [-0.15, -0.1) is 0 Å². The SMILES string of the molecule is Cc1ccc(C(C)C)cc1OC(C)C(=O)NCC(F)(F)F. The van der Waals surface area contributed by atoms with Crippen LogP contribution in [0.2, 0.25) is 0 Å². The van der Waals surface area contributed by atoms with E-state index in [9.17, 15) is 18.0 Å². The smallest absolute Gasteiger partial charge is 0.405 e. The molecule has 1 aromatic carbocycles. The number of hydrogen-bond donors (Lipinski definition) is 1. The molecule has 1 atom stereocenters. The zero-order chi connectivity index (χ0) is 16.2. The van der Waals surface area contributed by atoms with Gasteiger partial charge in [0.05, 0.1) is 0 Å². The number of carbonyl (C=O) groups excluding carboxylic acids is 1. The molecule has 0 bridgehead atoms. The van der Waals surface area contributed by atoms with E-state index in [1.165, 1.54) is 6.92 Å². The lowest BCUT2D eigenvalue weighted by molar-refractivity contribution is -0.142. The summed E-state index contributed by atoms with van der Waals surface area (Å²) in [4.78, 5) is 11.6. The van der Waals surface area contributed by atoms with E-state index in [-0.39, 0.29) is 0 Å². The van der Waals surface area contributed by atoms with Gasteiger partial charge in [0.15, 0.2) is 6.10 Å². The van der Waals surface area contributed by atoms with Crippen LogP contribution in [0, 0.1) is 6.92 Å². The molecule has 0 radical (unpaired) electrons. The monoisotopic (exact) mass is 303 g/mol. The average molecular weight is 303 g/mol. The van der Waals surface area contributed by atoms with Gasteiger partial charge in [-0.2, -0.15) is 13.2 Å². The van der Waals surface area contributed by atoms with Crippen molar-refractivity contribution < 1.29 is 22.7 Å². The molecule has 0 aliphatic heterocycles. The van der Waals surface area contributed by atoms with Gasteiger partial charge in [-0.25, -0.2) is 0 Å². The molecule has 0 spiro atoms. The van der Waals surface area contributed by atoms with E-state index in [4.69, 9.17) is 4.74 Å². The summed E-state index contributed by atoms with van der Waals surface area (Å²) >= 11 is 0. The lowest BCUT2D eigenvalue weighted by Gasteiger charge is -2.18. The van der Waals surface area contributed by atoms with Gasteiger partial charge in [0.1, 0.15) is 12.3 Å². The molecule has 6 heteroatoms. The van der Waals surface area contributed by atoms with Crippen LogP contribution in [0.4, 0.5) is 13.2 Å². The van der Waals surface area contributed by atoms with Crippen molar-refractivity contribution in [2.24, 2.45) is 0 Å². The maximum Gasteiger partial charge on any atom is 0.405 e. The minimum absolute atomic E-state index is 0.294. The first kappa shape index (κ1) is 17.3. The van der Waals surface area contributed by atoms with Gasteiger partial charge in [0.25, 0.3) is 5.91 Å². The standard InChI is InChI=1S/C15H20F3NO2/c1-9(2)12-6-5-10(3)13(7-12)21-11(4)14(20)19-8-15(16,17)18/h5-7,9,11H,8H2,1-4H3,(H,19,20). The van der Waals surface area contributed by atoms with E-state index in [2.05, 4.69) is 0 Å². The fourth-order valence-electron chi connectivity index (χ4n) is 1.68. The van der Waals surface area contributed by atoms with Crippen molar-refractivity contribution in [2.75, 3.05) is 6.54 Å². The molecule has 0 aliphatic rings. The molecule has 0 aromatic heterocycles. The second kappa shape index (κ2) is 6.83. The number of halogens is 3. The largest absolute Gasteiger partial charge is 0.481 e. The fourth-order valence-corrected chi connectivity index (χ4v) is 1.68. The summed E-state index contributed by atoms with van der Waals surface area (Å²) in [6.07, 6.45) is -5.42. The van der Waals surface area contributed by atoms with Gasteiger partial charge in [0, 0.05) is 0 Å². The zero-order valence-corrected chi connectivity index (χ0v) is 12.5. The van der Waals surface area contributed by atoms with E-state index < -0.39 is 24.7 Å². The third kappa shape index (κ3) is 5.65. The third-order valence-corrected chi connectivity index (χ3v) is 3.01. The van der Waals surface area contributed by atoms with Crippen LogP contribution in [0.1, 0.15) is 37.8 Å². The topological polar surface area (TPSA) is 38.3 Å². The van der Waals surface area contributed by atoms with E-state index in [0.29, 0.717) is 11.7 Å². The van der Waals surface area contributed by atoms with Gasteiger partial charge in [-0.05, 0) is 37.0 Å². The number of benzene rings is 1. The van der Waals surface area contributed by atoms with E-state index in [0.717, 1.165) is 11.1 Å². The summed E-state index contributed by atoms with van der Waals surface area (Å²) < 4.78 is 41.7. The number of nitrogens with one attached hydrogen (secondary N) is 1. The Labute approximate surface area is 122 Å². The second-order valence-electron chi connectivity index (χ2n) is 5.27. The summed E-state index contributed by atoms with van der Waals surface area (Å²) in [7, 11) is 0. The van der Waals surface area contributed by atoms with Gasteiger partial charge < -0.3 is 10.1 Å². The maximum absolute atomic E-state index is 12.1. The number of rotatable bonds is 5. The Kier molecular flexibility index (Phi) is 5.63. The Morgan fingerprint density at radius 1 is 1.29 bits per heavy atom. The number of ether oxygens (including phenoxy) is 1. The average Bonchev–Trinajstić information content (AvgIpc) is 2.37. The zero-order valence-electron chi connectivity index (χ0n) is 12.5. The molecule has 1 aromatic rings. The van der Waals surface area contributed by atoms with E-state index >= 15 is 0 Å². The normalized spacial score (nSPS) is 13.1. The van der Waals surface area contributed by atoms with Crippen molar-refractivity contribution in [1.82, 2.24) is 5.32 Å². The number of amides is 1. The minimum atomic E-state index is -4.43. The Hall–Kier alpha value is -1.72. The Balaban J connectivity index is 2.72. The molecule has 0 aliphatic carbocycles. The van der Waals surface area contributed by atoms with Gasteiger partial charge in [0.2, 0.25) is 0 Å². The van der Waals surface area contributed by atoms with Crippen LogP contribution in [-0.4, -0.2) is 24.7 Å². The van der Waals surface area contributed by atoms with Gasteiger partial charge in [-0.3, -0.25) is 4.79 Å². The lowest BCUT2D eigenvalue weighted by Crippen LogP contribution is -2.41. The molecule has 0 saturated carbocycles. The lowest BCUT2D eigenvalue weighted by atomic mass is 10.0. The van der Waals surface area contributed by atoms with Crippen LogP contribution in [0.25, 0.3) is 0 Å². The number of alkyl halides is 3. The van der Waals surface area contributed by atoms with E-state index in [1.807, 2.05) is 44.3 Å².